The quantitative estimate of drug-likeness (QED) is 0.283. The van der Waals surface area contributed by atoms with Crippen molar-refractivity contribution in [3.8, 4) is 0 Å². The van der Waals surface area contributed by atoms with Crippen LogP contribution >= 0.6 is 0 Å². The third-order valence-corrected chi connectivity index (χ3v) is 7.63. The van der Waals surface area contributed by atoms with Crippen molar-refractivity contribution < 1.29 is 9.66 Å². The summed E-state index contributed by atoms with van der Waals surface area (Å²) in [7, 11) is 0. The Labute approximate surface area is 224 Å². The van der Waals surface area contributed by atoms with Gasteiger partial charge in [-0.25, -0.2) is 4.68 Å². The summed E-state index contributed by atoms with van der Waals surface area (Å²) in [4.78, 5) is 31.6. The lowest BCUT2D eigenvalue weighted by Gasteiger charge is -2.39. The number of hydrogen-bond donors (Lipinski definition) is 1. The second-order valence-corrected chi connectivity index (χ2v) is 10.2. The number of H-pyrrole nitrogens is 1. The van der Waals surface area contributed by atoms with Gasteiger partial charge in [-0.1, -0.05) is 11.6 Å². The molecule has 12 nitrogen and oxygen atoms in total. The number of rotatable bonds is 7. The number of pyridine rings is 1. The minimum absolute atomic E-state index is 0.0458. The number of piperazine rings is 1. The number of aromatic amines is 1. The molecule has 2 aromatic heterocycles. The molecule has 0 unspecified atom stereocenters. The van der Waals surface area contributed by atoms with E-state index in [0.717, 1.165) is 41.6 Å². The second-order valence-electron chi connectivity index (χ2n) is 10.2. The van der Waals surface area contributed by atoms with Crippen LogP contribution in [0.4, 0.5) is 11.4 Å². The molecule has 1 N–H and O–H groups in total. The van der Waals surface area contributed by atoms with Crippen LogP contribution in [0, 0.1) is 17.0 Å². The highest BCUT2D eigenvalue weighted by Crippen LogP contribution is 2.30. The van der Waals surface area contributed by atoms with Gasteiger partial charge in [0.15, 0.2) is 5.82 Å². The Hall–Kier alpha value is -4.16. The lowest BCUT2D eigenvalue weighted by Crippen LogP contribution is -2.49. The summed E-state index contributed by atoms with van der Waals surface area (Å²) in [5.74, 6) is 0.617. The number of hydrogen-bond acceptors (Lipinski definition) is 9. The van der Waals surface area contributed by atoms with E-state index in [0.29, 0.717) is 44.1 Å². The number of benzene rings is 2. The summed E-state index contributed by atoms with van der Waals surface area (Å²) in [5.41, 5.74) is 3.33. The fourth-order valence-corrected chi connectivity index (χ4v) is 5.59. The van der Waals surface area contributed by atoms with Gasteiger partial charge < -0.3 is 14.6 Å². The minimum Gasteiger partial charge on any atom is -0.376 e. The van der Waals surface area contributed by atoms with E-state index in [2.05, 4.69) is 36.4 Å². The molecular weight excluding hydrogens is 500 g/mol. The maximum Gasteiger partial charge on any atom is 0.269 e. The number of ether oxygens (including phenoxy) is 1. The highest BCUT2D eigenvalue weighted by atomic mass is 16.6. The molecule has 0 amide bonds. The van der Waals surface area contributed by atoms with Gasteiger partial charge in [0.05, 0.1) is 17.6 Å². The Balaban J connectivity index is 1.33. The Bertz CT molecular complexity index is 1540. The average molecular weight is 531 g/mol. The molecule has 12 heteroatoms. The third kappa shape index (κ3) is 5.12. The van der Waals surface area contributed by atoms with Crippen molar-refractivity contribution in [2.75, 3.05) is 37.7 Å². The van der Waals surface area contributed by atoms with E-state index in [1.807, 2.05) is 25.1 Å². The molecule has 2 fully saturated rings. The SMILES string of the molecule is Cc1ccc2[nH]c(=O)c([C@H](c3nnnn3C[C@H]3CCCO3)N3CCN(c4ccc([N+](=O)[O-])cc4)CC3)cc2c1. The zero-order valence-corrected chi connectivity index (χ0v) is 21.7. The topological polar surface area (TPSA) is 135 Å². The van der Waals surface area contributed by atoms with Gasteiger partial charge >= 0.3 is 0 Å². The van der Waals surface area contributed by atoms with Gasteiger partial charge in [0.2, 0.25) is 0 Å². The summed E-state index contributed by atoms with van der Waals surface area (Å²) in [5, 5.41) is 24.7. The molecule has 202 valence electrons. The standard InChI is InChI=1S/C27H30N8O4/c1-18-4-9-24-19(15-18)16-23(27(36)28-24)25(26-29-30-31-34(26)17-22-3-2-14-39-22)33-12-10-32(11-13-33)20-5-7-21(8-6-20)35(37)38/h4-9,15-16,22,25H,2-3,10-14,17H2,1H3,(H,28,36)/t22-,25-/m1/s1. The zero-order valence-electron chi connectivity index (χ0n) is 21.7. The number of tetrazole rings is 1. The summed E-state index contributed by atoms with van der Waals surface area (Å²) in [6, 6.07) is 14.1. The number of anilines is 1. The fraction of sp³-hybridized carbons (Fsp3) is 0.407. The number of nitro groups is 1. The number of nitro benzene ring substituents is 1. The smallest absolute Gasteiger partial charge is 0.269 e. The number of nitrogens with one attached hydrogen (secondary N) is 1. The van der Waals surface area contributed by atoms with Gasteiger partial charge in [0, 0.05) is 61.7 Å². The van der Waals surface area contributed by atoms with Crippen molar-refractivity contribution in [3.05, 3.63) is 86.0 Å². The van der Waals surface area contributed by atoms with Gasteiger partial charge in [0.1, 0.15) is 6.04 Å². The zero-order chi connectivity index (χ0) is 26.9. The lowest BCUT2D eigenvalue weighted by atomic mass is 10.0. The van der Waals surface area contributed by atoms with Crippen LogP contribution < -0.4 is 10.5 Å². The van der Waals surface area contributed by atoms with E-state index in [1.165, 1.54) is 12.1 Å². The molecule has 0 saturated carbocycles. The van der Waals surface area contributed by atoms with Gasteiger partial charge in [0.25, 0.3) is 11.2 Å². The molecule has 0 aliphatic carbocycles. The molecule has 2 aromatic carbocycles. The molecule has 2 aliphatic rings. The van der Waals surface area contributed by atoms with Gasteiger partial charge in [-0.3, -0.25) is 19.8 Å². The van der Waals surface area contributed by atoms with Gasteiger partial charge in [-0.2, -0.15) is 0 Å². The van der Waals surface area contributed by atoms with E-state index in [9.17, 15) is 14.9 Å². The monoisotopic (exact) mass is 530 g/mol. The molecule has 2 atom stereocenters. The van der Waals surface area contributed by atoms with Crippen LogP contribution in [0.15, 0.2) is 53.3 Å². The van der Waals surface area contributed by atoms with Crippen molar-refractivity contribution in [2.24, 2.45) is 0 Å². The average Bonchev–Trinajstić information content (AvgIpc) is 3.63. The molecular formula is C27H30N8O4. The van der Waals surface area contributed by atoms with Crippen LogP contribution in [-0.2, 0) is 11.3 Å². The summed E-state index contributed by atoms with van der Waals surface area (Å²) in [6.07, 6.45) is 2.01. The van der Waals surface area contributed by atoms with Crippen LogP contribution in [0.25, 0.3) is 10.9 Å². The lowest BCUT2D eigenvalue weighted by molar-refractivity contribution is -0.384. The van der Waals surface area contributed by atoms with Crippen LogP contribution in [0.5, 0.6) is 0 Å². The Kier molecular flexibility index (Phi) is 6.79. The molecule has 2 aliphatic heterocycles. The first-order valence-electron chi connectivity index (χ1n) is 13.2. The first kappa shape index (κ1) is 25.1. The van der Waals surface area contributed by atoms with E-state index in [4.69, 9.17) is 4.74 Å². The maximum absolute atomic E-state index is 13.5. The molecule has 0 spiro atoms. The number of aromatic nitrogens is 5. The Morgan fingerprint density at radius 2 is 1.92 bits per heavy atom. The van der Waals surface area contributed by atoms with Crippen molar-refractivity contribution in [3.63, 3.8) is 0 Å². The van der Waals surface area contributed by atoms with Crippen molar-refractivity contribution in [2.45, 2.75) is 38.5 Å². The van der Waals surface area contributed by atoms with Crippen LogP contribution in [0.3, 0.4) is 0 Å². The number of non-ortho nitro benzene ring substituents is 1. The third-order valence-electron chi connectivity index (χ3n) is 7.63. The van der Waals surface area contributed by atoms with Crippen LogP contribution in [-0.4, -0.2) is 73.9 Å². The molecule has 2 saturated heterocycles. The highest BCUT2D eigenvalue weighted by Gasteiger charge is 2.33. The molecule has 0 bridgehead atoms. The van der Waals surface area contributed by atoms with E-state index >= 15 is 0 Å². The summed E-state index contributed by atoms with van der Waals surface area (Å²) >= 11 is 0. The molecule has 39 heavy (non-hydrogen) atoms. The Morgan fingerprint density at radius 3 is 2.64 bits per heavy atom. The fourth-order valence-electron chi connectivity index (χ4n) is 5.59. The second kappa shape index (κ2) is 10.5. The summed E-state index contributed by atoms with van der Waals surface area (Å²) < 4.78 is 7.63. The number of fused-ring (bicyclic) bond motifs is 1. The van der Waals surface area contributed by atoms with Crippen molar-refractivity contribution in [1.29, 1.82) is 0 Å². The largest absolute Gasteiger partial charge is 0.376 e. The van der Waals surface area contributed by atoms with Crippen molar-refractivity contribution in [1.82, 2.24) is 30.1 Å². The molecule has 4 heterocycles. The highest BCUT2D eigenvalue weighted by molar-refractivity contribution is 5.79. The van der Waals surface area contributed by atoms with E-state index < -0.39 is 11.0 Å². The Morgan fingerprint density at radius 1 is 1.13 bits per heavy atom. The maximum atomic E-state index is 13.5. The molecule has 4 aromatic rings. The first-order chi connectivity index (χ1) is 19.0. The van der Waals surface area contributed by atoms with Crippen molar-refractivity contribution >= 4 is 22.3 Å². The predicted molar refractivity (Wildman–Crippen MR) is 145 cm³/mol. The van der Waals surface area contributed by atoms with Crippen LogP contribution in [0.2, 0.25) is 0 Å². The first-order valence-corrected chi connectivity index (χ1v) is 13.2. The van der Waals surface area contributed by atoms with Gasteiger partial charge in [-0.15, -0.1) is 5.10 Å². The number of aryl methyl sites for hydroxylation is 1. The molecule has 6 rings (SSSR count). The minimum atomic E-state index is -0.450. The molecule has 0 radical (unpaired) electrons. The number of nitrogens with zero attached hydrogens (tertiary/aromatic N) is 7. The van der Waals surface area contributed by atoms with E-state index in [1.54, 1.807) is 16.8 Å². The predicted octanol–water partition coefficient (Wildman–Crippen LogP) is 2.82. The van der Waals surface area contributed by atoms with E-state index in [-0.39, 0.29) is 17.4 Å². The summed E-state index contributed by atoms with van der Waals surface area (Å²) in [6.45, 7) is 5.98. The van der Waals surface area contributed by atoms with Gasteiger partial charge in [-0.05, 0) is 65.9 Å². The normalized spacial score (nSPS) is 19.0. The van der Waals surface area contributed by atoms with Crippen LogP contribution in [0.1, 0.15) is 35.8 Å².